The molecule has 0 saturated carbocycles. The van der Waals surface area contributed by atoms with Crippen molar-refractivity contribution in [2.24, 2.45) is 0 Å². The second kappa shape index (κ2) is 9.78. The zero-order valence-electron chi connectivity index (χ0n) is 15.4. The van der Waals surface area contributed by atoms with Gasteiger partial charge in [0, 0.05) is 17.3 Å². The molecule has 5 nitrogen and oxygen atoms in total. The summed E-state index contributed by atoms with van der Waals surface area (Å²) in [6.45, 7) is 7.17. The molecule has 0 unspecified atom stereocenters. The second-order valence-electron chi connectivity index (χ2n) is 6.03. The molecular weight excluding hydrogens is 354 g/mol. The summed E-state index contributed by atoms with van der Waals surface area (Å²) in [5.74, 6) is -2.74. The van der Waals surface area contributed by atoms with Crippen molar-refractivity contribution in [2.75, 3.05) is 31.6 Å². The third kappa shape index (κ3) is 6.14. The van der Waals surface area contributed by atoms with Crippen LogP contribution in [0.4, 0.5) is 14.5 Å². The minimum absolute atomic E-state index is 0.130. The van der Waals surface area contributed by atoms with E-state index in [-0.39, 0.29) is 5.56 Å². The van der Waals surface area contributed by atoms with Crippen LogP contribution in [0.3, 0.4) is 0 Å². The van der Waals surface area contributed by atoms with Crippen molar-refractivity contribution in [2.45, 2.75) is 13.8 Å². The molecule has 2 rings (SSSR count). The Morgan fingerprint density at radius 3 is 2.11 bits per heavy atom. The molecule has 0 radical (unpaired) electrons. The number of carbonyl (C=O) groups is 2. The molecule has 0 aliphatic rings. The van der Waals surface area contributed by atoms with Crippen molar-refractivity contribution in [3.05, 3.63) is 65.2 Å². The fraction of sp³-hybridized carbons (Fsp3) is 0.300. The number of rotatable bonds is 8. The minimum Gasteiger partial charge on any atom is -0.456 e. The van der Waals surface area contributed by atoms with E-state index in [2.05, 4.69) is 19.2 Å². The van der Waals surface area contributed by atoms with Gasteiger partial charge in [-0.2, -0.15) is 0 Å². The summed E-state index contributed by atoms with van der Waals surface area (Å²) >= 11 is 0. The van der Waals surface area contributed by atoms with E-state index in [0.29, 0.717) is 23.9 Å². The molecule has 0 bridgehead atoms. The van der Waals surface area contributed by atoms with Gasteiger partial charge in [0.15, 0.2) is 0 Å². The number of benzene rings is 2. The molecule has 144 valence electrons. The summed E-state index contributed by atoms with van der Waals surface area (Å²) in [6.07, 6.45) is 0. The average Bonchev–Trinajstić information content (AvgIpc) is 2.65. The van der Waals surface area contributed by atoms with Crippen molar-refractivity contribution >= 4 is 17.6 Å². The van der Waals surface area contributed by atoms with Gasteiger partial charge >= 0.3 is 5.97 Å². The Morgan fingerprint density at radius 2 is 1.56 bits per heavy atom. The molecule has 0 heterocycles. The number of amides is 1. The van der Waals surface area contributed by atoms with Crippen LogP contribution < -0.4 is 10.2 Å². The fourth-order valence-electron chi connectivity index (χ4n) is 2.55. The maximum Gasteiger partial charge on any atom is 0.338 e. The highest BCUT2D eigenvalue weighted by molar-refractivity contribution is 6.04. The maximum atomic E-state index is 13.2. The third-order valence-electron chi connectivity index (χ3n) is 4.19. The summed E-state index contributed by atoms with van der Waals surface area (Å²) in [5, 5.41) is 2.52. The Labute approximate surface area is 156 Å². The molecule has 2 aromatic carbocycles. The van der Waals surface area contributed by atoms with E-state index >= 15 is 0 Å². The van der Waals surface area contributed by atoms with Crippen LogP contribution in [0, 0.1) is 11.6 Å². The van der Waals surface area contributed by atoms with Gasteiger partial charge in [-0.1, -0.05) is 0 Å². The molecule has 1 amide bonds. The highest BCUT2D eigenvalue weighted by Crippen LogP contribution is 2.14. The monoisotopic (exact) mass is 377 g/mol. The lowest BCUT2D eigenvalue weighted by Crippen LogP contribution is -3.11. The highest BCUT2D eigenvalue weighted by atomic mass is 19.1. The lowest BCUT2D eigenvalue weighted by atomic mass is 10.1. The molecule has 2 N–H and O–H groups in total. The number of anilines is 1. The number of hydrogen-bond donors (Lipinski definition) is 2. The average molecular weight is 377 g/mol. The molecule has 0 fully saturated rings. The van der Waals surface area contributed by atoms with Crippen LogP contribution in [0.5, 0.6) is 0 Å². The van der Waals surface area contributed by atoms with E-state index in [9.17, 15) is 18.4 Å². The largest absolute Gasteiger partial charge is 0.456 e. The molecular formula is C20H23F2N2O3+. The summed E-state index contributed by atoms with van der Waals surface area (Å²) < 4.78 is 31.6. The van der Waals surface area contributed by atoms with E-state index in [1.54, 1.807) is 0 Å². The predicted octanol–water partition coefficient (Wildman–Crippen LogP) is 2.30. The zero-order chi connectivity index (χ0) is 19.8. The molecule has 0 aliphatic carbocycles. The first kappa shape index (κ1) is 20.5. The van der Waals surface area contributed by atoms with E-state index in [4.69, 9.17) is 4.74 Å². The number of halogens is 2. The lowest BCUT2D eigenvalue weighted by Gasteiger charge is -2.15. The molecule has 27 heavy (non-hydrogen) atoms. The number of ether oxygens (including phenoxy) is 1. The van der Waals surface area contributed by atoms with Gasteiger partial charge in [-0.25, -0.2) is 13.6 Å². The van der Waals surface area contributed by atoms with Gasteiger partial charge in [-0.15, -0.1) is 0 Å². The maximum absolute atomic E-state index is 13.2. The van der Waals surface area contributed by atoms with Gasteiger partial charge in [-0.3, -0.25) is 4.79 Å². The molecule has 0 aliphatic heterocycles. The number of quaternary nitrogens is 1. The van der Waals surface area contributed by atoms with E-state index in [1.807, 2.05) is 0 Å². The van der Waals surface area contributed by atoms with Gasteiger partial charge in [0.25, 0.3) is 5.91 Å². The number of nitrogens with one attached hydrogen (secondary N) is 2. The lowest BCUT2D eigenvalue weighted by molar-refractivity contribution is -0.896. The summed E-state index contributed by atoms with van der Waals surface area (Å²) in [5.41, 5.74) is 0.628. The summed E-state index contributed by atoms with van der Waals surface area (Å²) in [4.78, 5) is 25.4. The normalized spacial score (nSPS) is 10.7. The summed E-state index contributed by atoms with van der Waals surface area (Å²) in [7, 11) is 0. The Bertz CT molecular complexity index is 770. The standard InChI is InChI=1S/C20H22F2N2O3/c1-3-24(4-2)9-10-27-20(26)14-5-7-18(8-6-14)23-19(25)15-11-16(21)13-17(22)12-15/h5-8,11-13H,3-4,9-10H2,1-2H3,(H,23,25)/p+1. The van der Waals surface area contributed by atoms with Crippen molar-refractivity contribution in [1.82, 2.24) is 0 Å². The minimum atomic E-state index is -0.829. The first-order chi connectivity index (χ1) is 12.9. The second-order valence-corrected chi connectivity index (χ2v) is 6.03. The smallest absolute Gasteiger partial charge is 0.338 e. The number of hydrogen-bond acceptors (Lipinski definition) is 3. The number of likely N-dealkylation sites (N-methyl/N-ethyl adjacent to an activating group) is 1. The van der Waals surface area contributed by atoms with Crippen molar-refractivity contribution in [1.29, 1.82) is 0 Å². The van der Waals surface area contributed by atoms with Crippen LogP contribution >= 0.6 is 0 Å². The van der Waals surface area contributed by atoms with Gasteiger partial charge < -0.3 is 15.0 Å². The highest BCUT2D eigenvalue weighted by Gasteiger charge is 2.12. The first-order valence-electron chi connectivity index (χ1n) is 8.81. The summed E-state index contributed by atoms with van der Waals surface area (Å²) in [6, 6.07) is 8.69. The Kier molecular flexibility index (Phi) is 7.43. The van der Waals surface area contributed by atoms with Crippen LogP contribution in [0.2, 0.25) is 0 Å². The number of esters is 1. The third-order valence-corrected chi connectivity index (χ3v) is 4.19. The zero-order valence-corrected chi connectivity index (χ0v) is 15.4. The van der Waals surface area contributed by atoms with E-state index in [0.717, 1.165) is 31.8 Å². The van der Waals surface area contributed by atoms with E-state index in [1.165, 1.54) is 29.2 Å². The van der Waals surface area contributed by atoms with Gasteiger partial charge in [-0.05, 0) is 50.2 Å². The fourth-order valence-corrected chi connectivity index (χ4v) is 2.55. The molecule has 0 aromatic heterocycles. The van der Waals surface area contributed by atoms with Gasteiger partial charge in [0.05, 0.1) is 18.7 Å². The quantitative estimate of drug-likeness (QED) is 0.694. The van der Waals surface area contributed by atoms with E-state index < -0.39 is 23.5 Å². The Morgan fingerprint density at radius 1 is 0.963 bits per heavy atom. The van der Waals surface area contributed by atoms with Crippen LogP contribution in [-0.2, 0) is 4.74 Å². The van der Waals surface area contributed by atoms with Gasteiger partial charge in [0.1, 0.15) is 24.8 Å². The molecule has 0 spiro atoms. The molecule has 2 aromatic rings. The van der Waals surface area contributed by atoms with Crippen LogP contribution in [0.15, 0.2) is 42.5 Å². The van der Waals surface area contributed by atoms with Crippen LogP contribution in [0.25, 0.3) is 0 Å². The van der Waals surface area contributed by atoms with Gasteiger partial charge in [0.2, 0.25) is 0 Å². The molecule has 0 atom stereocenters. The Balaban J connectivity index is 1.92. The molecule has 7 heteroatoms. The van der Waals surface area contributed by atoms with Crippen molar-refractivity contribution in [3.63, 3.8) is 0 Å². The predicted molar refractivity (Wildman–Crippen MR) is 97.9 cm³/mol. The molecule has 0 saturated heterocycles. The van der Waals surface area contributed by atoms with Crippen molar-refractivity contribution in [3.8, 4) is 0 Å². The van der Waals surface area contributed by atoms with Crippen LogP contribution in [0.1, 0.15) is 34.6 Å². The topological polar surface area (TPSA) is 59.8 Å². The van der Waals surface area contributed by atoms with Crippen LogP contribution in [-0.4, -0.2) is 38.1 Å². The SMILES string of the molecule is CC[NH+](CC)CCOC(=O)c1ccc(NC(=O)c2cc(F)cc(F)c2)cc1. The number of carbonyl (C=O) groups excluding carboxylic acids is 2. The Hall–Kier alpha value is -2.80. The van der Waals surface area contributed by atoms with Crippen molar-refractivity contribution < 1.29 is 28.0 Å². The first-order valence-corrected chi connectivity index (χ1v) is 8.81.